The molecule has 1 fully saturated rings. The van der Waals surface area contributed by atoms with Gasteiger partial charge in [-0.2, -0.15) is 0 Å². The molecule has 0 bridgehead atoms. The molecule has 0 aliphatic carbocycles. The molecule has 1 aliphatic rings. The Morgan fingerprint density at radius 2 is 1.83 bits per heavy atom. The molecule has 1 saturated heterocycles. The van der Waals surface area contributed by atoms with Crippen molar-refractivity contribution in [3.8, 4) is 0 Å². The third kappa shape index (κ3) is 4.43. The third-order valence-electron chi connectivity index (χ3n) is 5.55. The fourth-order valence-corrected chi connectivity index (χ4v) is 4.98. The van der Waals surface area contributed by atoms with Gasteiger partial charge in [-0.05, 0) is 49.6 Å². The summed E-state index contributed by atoms with van der Waals surface area (Å²) in [5, 5.41) is 4.18. The number of benzene rings is 2. The Bertz CT molecular complexity index is 1020. The number of piperazine rings is 1. The normalized spacial score (nSPS) is 15.1. The first-order valence-electron chi connectivity index (χ1n) is 10.2. The molecule has 5 nitrogen and oxygen atoms in total. The molecule has 2 aromatic carbocycles. The lowest BCUT2D eigenvalue weighted by Crippen LogP contribution is -2.48. The number of anilines is 1. The molecular weight excluding hydrogens is 380 g/mol. The van der Waals surface area contributed by atoms with Crippen molar-refractivity contribution in [3.05, 3.63) is 58.7 Å². The van der Waals surface area contributed by atoms with Gasteiger partial charge in [0.15, 0.2) is 5.13 Å². The zero-order valence-corrected chi connectivity index (χ0v) is 18.2. The van der Waals surface area contributed by atoms with E-state index in [-0.39, 0.29) is 5.91 Å². The fourth-order valence-electron chi connectivity index (χ4n) is 3.91. The van der Waals surface area contributed by atoms with Crippen molar-refractivity contribution in [1.82, 2.24) is 15.2 Å². The van der Waals surface area contributed by atoms with Crippen LogP contribution in [0.4, 0.5) is 5.13 Å². The summed E-state index contributed by atoms with van der Waals surface area (Å²) in [6, 6.07) is 12.1. The number of aromatic nitrogens is 1. The number of nitrogens with zero attached hydrogens (tertiary/aromatic N) is 3. The quantitative estimate of drug-likeness (QED) is 0.698. The maximum atomic E-state index is 12.3. The Balaban J connectivity index is 1.28. The highest BCUT2D eigenvalue weighted by atomic mass is 32.1. The minimum atomic E-state index is 0.0156. The van der Waals surface area contributed by atoms with Gasteiger partial charge < -0.3 is 10.2 Å². The number of rotatable bonds is 5. The molecular formula is C23H28N4OS. The lowest BCUT2D eigenvalue weighted by atomic mass is 10.1. The van der Waals surface area contributed by atoms with E-state index in [1.807, 2.05) is 31.2 Å². The van der Waals surface area contributed by atoms with E-state index in [0.717, 1.165) is 54.5 Å². The smallest absolute Gasteiger partial charge is 0.251 e. The van der Waals surface area contributed by atoms with E-state index in [4.69, 9.17) is 4.98 Å². The second-order valence-electron chi connectivity index (χ2n) is 7.83. The fraction of sp³-hybridized carbons (Fsp3) is 0.391. The molecule has 1 N–H and O–H groups in total. The molecule has 29 heavy (non-hydrogen) atoms. The zero-order chi connectivity index (χ0) is 20.4. The highest BCUT2D eigenvalue weighted by molar-refractivity contribution is 7.22. The monoisotopic (exact) mass is 408 g/mol. The van der Waals surface area contributed by atoms with Gasteiger partial charge in [0, 0.05) is 44.8 Å². The van der Waals surface area contributed by atoms with Crippen LogP contribution in [0.15, 0.2) is 36.4 Å². The molecule has 1 aromatic heterocycles. The van der Waals surface area contributed by atoms with E-state index < -0.39 is 0 Å². The second-order valence-corrected chi connectivity index (χ2v) is 8.80. The van der Waals surface area contributed by atoms with Crippen molar-refractivity contribution in [1.29, 1.82) is 0 Å². The van der Waals surface area contributed by atoms with Gasteiger partial charge in [0.25, 0.3) is 5.91 Å². The van der Waals surface area contributed by atoms with Crippen LogP contribution in [0.5, 0.6) is 0 Å². The molecule has 0 spiro atoms. The lowest BCUT2D eigenvalue weighted by molar-refractivity contribution is 0.0947. The molecule has 0 radical (unpaired) electrons. The van der Waals surface area contributed by atoms with E-state index in [9.17, 15) is 4.79 Å². The van der Waals surface area contributed by atoms with Crippen molar-refractivity contribution in [2.24, 2.45) is 0 Å². The van der Waals surface area contributed by atoms with Crippen LogP contribution in [-0.2, 0) is 0 Å². The summed E-state index contributed by atoms with van der Waals surface area (Å²) in [7, 11) is 0. The highest BCUT2D eigenvalue weighted by Gasteiger charge is 2.20. The third-order valence-corrected chi connectivity index (χ3v) is 6.82. The number of aryl methyl sites for hydroxylation is 3. The first-order valence-corrected chi connectivity index (χ1v) is 11.0. The van der Waals surface area contributed by atoms with Crippen LogP contribution in [-0.4, -0.2) is 55.1 Å². The number of carbonyl (C=O) groups excluding carboxylic acids is 1. The van der Waals surface area contributed by atoms with Gasteiger partial charge in [-0.25, -0.2) is 4.98 Å². The molecule has 0 unspecified atom stereocenters. The number of thiazole rings is 1. The largest absolute Gasteiger partial charge is 0.351 e. The summed E-state index contributed by atoms with van der Waals surface area (Å²) >= 11 is 1.80. The van der Waals surface area contributed by atoms with Gasteiger partial charge >= 0.3 is 0 Å². The van der Waals surface area contributed by atoms with Crippen LogP contribution < -0.4 is 10.2 Å². The first-order chi connectivity index (χ1) is 14.0. The molecule has 152 valence electrons. The molecule has 3 aromatic rings. The van der Waals surface area contributed by atoms with Gasteiger partial charge in [0.05, 0.1) is 10.2 Å². The molecule has 6 heteroatoms. The van der Waals surface area contributed by atoms with Crippen molar-refractivity contribution < 1.29 is 4.79 Å². The summed E-state index contributed by atoms with van der Waals surface area (Å²) in [6.07, 6.45) is 0. The average molecular weight is 409 g/mol. The highest BCUT2D eigenvalue weighted by Crippen LogP contribution is 2.32. The predicted molar refractivity (Wildman–Crippen MR) is 121 cm³/mol. The Labute approximate surface area is 176 Å². The Kier molecular flexibility index (Phi) is 5.83. The lowest BCUT2D eigenvalue weighted by Gasteiger charge is -2.34. The van der Waals surface area contributed by atoms with E-state index in [0.29, 0.717) is 6.54 Å². The Morgan fingerprint density at radius 3 is 2.59 bits per heavy atom. The van der Waals surface area contributed by atoms with Crippen molar-refractivity contribution in [2.75, 3.05) is 44.2 Å². The number of carbonyl (C=O) groups is 1. The van der Waals surface area contributed by atoms with Gasteiger partial charge in [-0.15, -0.1) is 0 Å². The minimum absolute atomic E-state index is 0.0156. The minimum Gasteiger partial charge on any atom is -0.351 e. The molecule has 2 heterocycles. The van der Waals surface area contributed by atoms with Crippen LogP contribution >= 0.6 is 11.3 Å². The first kappa shape index (κ1) is 19.9. The summed E-state index contributed by atoms with van der Waals surface area (Å²) in [4.78, 5) is 22.0. The van der Waals surface area contributed by atoms with E-state index in [2.05, 4.69) is 41.1 Å². The van der Waals surface area contributed by atoms with E-state index in [1.165, 1.54) is 15.8 Å². The molecule has 1 aliphatic heterocycles. The van der Waals surface area contributed by atoms with Gasteiger partial charge in [-0.1, -0.05) is 35.6 Å². The SMILES string of the molecule is Cc1cc(C)c2sc(N3CCN(CCNC(=O)c4ccccc4C)CC3)nc2c1. The van der Waals surface area contributed by atoms with Crippen LogP contribution in [0.25, 0.3) is 10.2 Å². The van der Waals surface area contributed by atoms with E-state index in [1.54, 1.807) is 11.3 Å². The topological polar surface area (TPSA) is 48.5 Å². The number of hydrogen-bond donors (Lipinski definition) is 1. The van der Waals surface area contributed by atoms with Crippen molar-refractivity contribution >= 4 is 32.6 Å². The van der Waals surface area contributed by atoms with E-state index >= 15 is 0 Å². The van der Waals surface area contributed by atoms with Crippen LogP contribution in [0, 0.1) is 20.8 Å². The van der Waals surface area contributed by atoms with Gasteiger partial charge in [-0.3, -0.25) is 9.69 Å². The summed E-state index contributed by atoms with van der Waals surface area (Å²) in [5.74, 6) is 0.0156. The summed E-state index contributed by atoms with van der Waals surface area (Å²) < 4.78 is 1.30. The average Bonchev–Trinajstić information content (AvgIpc) is 3.13. The van der Waals surface area contributed by atoms with Gasteiger partial charge in [0.2, 0.25) is 0 Å². The number of hydrogen-bond acceptors (Lipinski definition) is 5. The molecule has 0 saturated carbocycles. The number of nitrogens with one attached hydrogen (secondary N) is 1. The molecule has 4 rings (SSSR count). The number of amides is 1. The molecule has 1 amide bonds. The van der Waals surface area contributed by atoms with Crippen LogP contribution in [0.2, 0.25) is 0 Å². The second kappa shape index (κ2) is 8.51. The maximum absolute atomic E-state index is 12.3. The summed E-state index contributed by atoms with van der Waals surface area (Å²) in [5.41, 5.74) is 5.47. The summed E-state index contributed by atoms with van der Waals surface area (Å²) in [6.45, 7) is 11.8. The number of fused-ring (bicyclic) bond motifs is 1. The zero-order valence-electron chi connectivity index (χ0n) is 17.4. The Hall–Kier alpha value is -2.44. The van der Waals surface area contributed by atoms with Crippen molar-refractivity contribution in [3.63, 3.8) is 0 Å². The molecule has 0 atom stereocenters. The standard InChI is InChI=1S/C23H28N4OS/c1-16-14-18(3)21-20(15-16)25-23(29-21)27-12-10-26(11-13-27)9-8-24-22(28)19-7-5-4-6-17(19)2/h4-7,14-15H,8-13H2,1-3H3,(H,24,28). The predicted octanol–water partition coefficient (Wildman–Crippen LogP) is 3.77. The van der Waals surface area contributed by atoms with Crippen molar-refractivity contribution in [2.45, 2.75) is 20.8 Å². The van der Waals surface area contributed by atoms with Crippen LogP contribution in [0.3, 0.4) is 0 Å². The Morgan fingerprint density at radius 1 is 1.07 bits per heavy atom. The maximum Gasteiger partial charge on any atom is 0.251 e. The van der Waals surface area contributed by atoms with Gasteiger partial charge in [0.1, 0.15) is 0 Å². The van der Waals surface area contributed by atoms with Crippen LogP contribution in [0.1, 0.15) is 27.0 Å².